The van der Waals surface area contributed by atoms with Gasteiger partial charge in [0, 0.05) is 12.8 Å². The minimum absolute atomic E-state index is 0.177. The first kappa shape index (κ1) is 76.7. The summed E-state index contributed by atoms with van der Waals surface area (Å²) in [6.45, 7) is 4.75. The van der Waals surface area contributed by atoms with E-state index in [1.54, 1.807) is 0 Å². The van der Waals surface area contributed by atoms with Gasteiger partial charge in [-0.25, -0.2) is 4.79 Å². The number of rotatable bonds is 59. The van der Waals surface area contributed by atoms with E-state index in [2.05, 4.69) is 135 Å². The fraction of sp³-hybridized carbons (Fsp3) is 0.681. The summed E-state index contributed by atoms with van der Waals surface area (Å²) in [5.41, 5.74) is 0. The molecule has 0 aliphatic carbocycles. The Morgan fingerprint density at radius 1 is 0.383 bits per heavy atom. The van der Waals surface area contributed by atoms with Crippen LogP contribution >= 0.6 is 0 Å². The van der Waals surface area contributed by atoms with E-state index in [1.807, 2.05) is 21.1 Å². The molecule has 0 aliphatic heterocycles. The SMILES string of the molecule is CC/C=C\C/C=C\C/C=C\C/C=C\C/C=C\C/C=C\C/C=C\C/C=C\C/C=C\C/C=C\CCCCCCC(=O)OC(COC(=O)CCCCCCCCCCCCCCCCCCCCCCC)COC(OCC[N+](C)(C)C)C(=O)O. The first-order chi connectivity index (χ1) is 39.6. The number of carboxylic acids is 1. The topological polar surface area (TPSA) is 108 Å². The van der Waals surface area contributed by atoms with Crippen LogP contribution in [0.1, 0.15) is 258 Å². The molecule has 0 saturated carbocycles. The lowest BCUT2D eigenvalue weighted by Gasteiger charge is -2.25. The second-order valence-corrected chi connectivity index (χ2v) is 22.7. The second-order valence-electron chi connectivity index (χ2n) is 22.7. The van der Waals surface area contributed by atoms with Crippen molar-refractivity contribution in [2.45, 2.75) is 270 Å². The molecular formula is C72H122NO8+. The molecule has 81 heavy (non-hydrogen) atoms. The van der Waals surface area contributed by atoms with Crippen molar-refractivity contribution in [1.82, 2.24) is 0 Å². The van der Waals surface area contributed by atoms with E-state index in [0.29, 0.717) is 23.9 Å². The molecular weight excluding hydrogens is 1010 g/mol. The summed E-state index contributed by atoms with van der Waals surface area (Å²) in [5, 5.41) is 9.73. The first-order valence-electron chi connectivity index (χ1n) is 32.7. The molecule has 0 radical (unpaired) electrons. The number of allylic oxidation sites excluding steroid dienone is 20. The molecule has 9 nitrogen and oxygen atoms in total. The lowest BCUT2D eigenvalue weighted by Crippen LogP contribution is -2.40. The fourth-order valence-electron chi connectivity index (χ4n) is 8.75. The Hall–Kier alpha value is -4.31. The van der Waals surface area contributed by atoms with Crippen LogP contribution in [0.25, 0.3) is 0 Å². The molecule has 0 amide bonds. The summed E-state index contributed by atoms with van der Waals surface area (Å²) in [6, 6.07) is 0. The van der Waals surface area contributed by atoms with E-state index in [-0.39, 0.29) is 32.2 Å². The summed E-state index contributed by atoms with van der Waals surface area (Å²) >= 11 is 0. The number of carbonyl (C=O) groups excluding carboxylic acids is 2. The molecule has 1 N–H and O–H groups in total. The number of hydrogen-bond acceptors (Lipinski definition) is 7. The molecule has 0 bridgehead atoms. The van der Waals surface area contributed by atoms with Gasteiger partial charge in [0.15, 0.2) is 6.10 Å². The highest BCUT2D eigenvalue weighted by molar-refractivity contribution is 5.71. The van der Waals surface area contributed by atoms with Gasteiger partial charge in [-0.3, -0.25) is 9.59 Å². The van der Waals surface area contributed by atoms with Crippen molar-refractivity contribution in [3.05, 3.63) is 122 Å². The van der Waals surface area contributed by atoms with Crippen molar-refractivity contribution >= 4 is 17.9 Å². The van der Waals surface area contributed by atoms with Gasteiger partial charge in [0.25, 0.3) is 6.29 Å². The highest BCUT2D eigenvalue weighted by Gasteiger charge is 2.25. The molecule has 0 spiro atoms. The van der Waals surface area contributed by atoms with Crippen LogP contribution in [0, 0.1) is 0 Å². The maximum absolute atomic E-state index is 12.9. The highest BCUT2D eigenvalue weighted by Crippen LogP contribution is 2.16. The zero-order chi connectivity index (χ0) is 59.1. The number of carbonyl (C=O) groups is 3. The Morgan fingerprint density at radius 2 is 0.704 bits per heavy atom. The number of quaternary nitrogens is 1. The molecule has 0 aromatic rings. The van der Waals surface area contributed by atoms with Crippen LogP contribution in [0.15, 0.2) is 122 Å². The maximum atomic E-state index is 12.9. The Morgan fingerprint density at radius 3 is 1.05 bits per heavy atom. The number of unbranched alkanes of at least 4 members (excludes halogenated alkanes) is 24. The predicted octanol–water partition coefficient (Wildman–Crippen LogP) is 20.0. The van der Waals surface area contributed by atoms with Crippen LogP contribution in [-0.2, 0) is 33.3 Å². The van der Waals surface area contributed by atoms with Gasteiger partial charge in [-0.1, -0.05) is 277 Å². The molecule has 0 aliphatic rings. The lowest BCUT2D eigenvalue weighted by atomic mass is 10.0. The van der Waals surface area contributed by atoms with Crippen molar-refractivity contribution in [2.75, 3.05) is 47.5 Å². The lowest BCUT2D eigenvalue weighted by molar-refractivity contribution is -0.870. The van der Waals surface area contributed by atoms with Crippen LogP contribution in [0.4, 0.5) is 0 Å². The molecule has 2 unspecified atom stereocenters. The molecule has 0 aromatic heterocycles. The van der Waals surface area contributed by atoms with E-state index < -0.39 is 24.3 Å². The van der Waals surface area contributed by atoms with Gasteiger partial charge in [0.1, 0.15) is 13.2 Å². The van der Waals surface area contributed by atoms with E-state index in [1.165, 1.54) is 116 Å². The Kier molecular flexibility index (Phi) is 58.5. The molecule has 9 heteroatoms. The largest absolute Gasteiger partial charge is 0.477 e. The summed E-state index contributed by atoms with van der Waals surface area (Å²) in [5.74, 6) is -2.04. The maximum Gasteiger partial charge on any atom is 0.361 e. The van der Waals surface area contributed by atoms with Gasteiger partial charge in [-0.2, -0.15) is 0 Å². The van der Waals surface area contributed by atoms with Crippen LogP contribution in [-0.4, -0.2) is 87.4 Å². The van der Waals surface area contributed by atoms with Crippen molar-refractivity contribution in [1.29, 1.82) is 0 Å². The number of nitrogens with zero attached hydrogens (tertiary/aromatic N) is 1. The second kappa shape index (κ2) is 61.8. The van der Waals surface area contributed by atoms with Gasteiger partial charge in [0.2, 0.25) is 0 Å². The number of hydrogen-bond donors (Lipinski definition) is 1. The third kappa shape index (κ3) is 63.1. The van der Waals surface area contributed by atoms with Gasteiger partial charge in [0.05, 0.1) is 34.4 Å². The van der Waals surface area contributed by atoms with E-state index >= 15 is 0 Å². The van der Waals surface area contributed by atoms with Gasteiger partial charge in [-0.05, 0) is 89.9 Å². The molecule has 462 valence electrons. The molecule has 0 saturated heterocycles. The number of likely N-dealkylation sites (N-methyl/N-ethyl adjacent to an activating group) is 1. The molecule has 0 fully saturated rings. The zero-order valence-corrected chi connectivity index (χ0v) is 52.7. The molecule has 2 atom stereocenters. The van der Waals surface area contributed by atoms with Crippen LogP contribution in [0.3, 0.4) is 0 Å². The summed E-state index contributed by atoms with van der Waals surface area (Å²) in [6.07, 6.45) is 84.3. The normalized spacial score (nSPS) is 13.5. The summed E-state index contributed by atoms with van der Waals surface area (Å²) in [7, 11) is 5.96. The average molecular weight is 1130 g/mol. The van der Waals surface area contributed by atoms with Gasteiger partial charge < -0.3 is 28.5 Å². The minimum atomic E-state index is -1.52. The number of carboxylic acid groups (broad SMARTS) is 1. The molecule has 0 rings (SSSR count). The fourth-order valence-corrected chi connectivity index (χ4v) is 8.75. The predicted molar refractivity (Wildman–Crippen MR) is 345 cm³/mol. The van der Waals surface area contributed by atoms with Gasteiger partial charge >= 0.3 is 17.9 Å². The van der Waals surface area contributed by atoms with Crippen molar-refractivity contribution in [3.8, 4) is 0 Å². The molecule has 0 heterocycles. The standard InChI is InChI=1S/C72H121NO8/c1-6-8-10-12-14-16-18-20-22-24-26-28-29-30-31-32-33-34-35-36-37-38-39-40-41-43-45-47-49-51-53-55-57-59-61-63-70(75)81-68(67-80-72(71(76)77)78-65-64-73(3,4)5)66-79-69(74)62-60-58-56-54-52-50-48-46-44-42-27-25-23-21-19-17-15-13-11-9-7-2/h8,10,14,16,20,22,26,28,30-31,33-34,36-37,39-40,43,45,49,51,68,72H,6-7,9,11-13,15,17-19,21,23-25,27,29,32,35,38,41-42,44,46-48,50,52-67H2,1-5H3/p+1/b10-8-,16-14-,22-20-,28-26-,31-30-,34-33-,37-36-,40-39-,45-43-,51-49-. The Labute approximate surface area is 497 Å². The molecule has 0 aromatic carbocycles. The summed E-state index contributed by atoms with van der Waals surface area (Å²) in [4.78, 5) is 37.5. The van der Waals surface area contributed by atoms with Crippen LogP contribution in [0.5, 0.6) is 0 Å². The van der Waals surface area contributed by atoms with Gasteiger partial charge in [-0.15, -0.1) is 0 Å². The number of esters is 2. The highest BCUT2D eigenvalue weighted by atomic mass is 16.7. The minimum Gasteiger partial charge on any atom is -0.477 e. The van der Waals surface area contributed by atoms with Crippen molar-refractivity contribution < 1.29 is 42.9 Å². The average Bonchev–Trinajstić information content (AvgIpc) is 3.44. The summed E-state index contributed by atoms with van der Waals surface area (Å²) < 4.78 is 22.9. The number of ether oxygens (including phenoxy) is 4. The van der Waals surface area contributed by atoms with Crippen LogP contribution in [0.2, 0.25) is 0 Å². The Bertz CT molecular complexity index is 1740. The first-order valence-corrected chi connectivity index (χ1v) is 32.7. The third-order valence-electron chi connectivity index (χ3n) is 13.7. The number of aliphatic carboxylic acids is 1. The monoisotopic (exact) mass is 1130 g/mol. The smallest absolute Gasteiger partial charge is 0.361 e. The zero-order valence-electron chi connectivity index (χ0n) is 52.7. The third-order valence-corrected chi connectivity index (χ3v) is 13.7. The van der Waals surface area contributed by atoms with Crippen molar-refractivity contribution in [3.63, 3.8) is 0 Å². The van der Waals surface area contributed by atoms with E-state index in [0.717, 1.165) is 109 Å². The Balaban J connectivity index is 4.27. The quantitative estimate of drug-likeness (QED) is 0.0211. The van der Waals surface area contributed by atoms with Crippen LogP contribution < -0.4 is 0 Å². The van der Waals surface area contributed by atoms with E-state index in [4.69, 9.17) is 18.9 Å². The van der Waals surface area contributed by atoms with E-state index in [9.17, 15) is 19.5 Å². The van der Waals surface area contributed by atoms with Crippen molar-refractivity contribution in [2.24, 2.45) is 0 Å².